The van der Waals surface area contributed by atoms with Crippen LogP contribution >= 0.6 is 0 Å². The Hall–Kier alpha value is 0. The maximum atomic E-state index is 2.34. The molecule has 0 nitrogen and oxygen atoms in total. The van der Waals surface area contributed by atoms with E-state index in [0.717, 1.165) is 46.3 Å². The van der Waals surface area contributed by atoms with E-state index in [9.17, 15) is 0 Å². The van der Waals surface area contributed by atoms with Crippen molar-refractivity contribution in [1.82, 2.24) is 0 Å². The minimum atomic E-state index is 0.814. The van der Waals surface area contributed by atoms with Gasteiger partial charge in [-0.2, -0.15) is 0 Å². The number of unbranched alkanes of at least 4 members (excludes halogenated alkanes) is 8. The van der Waals surface area contributed by atoms with E-state index in [2.05, 4.69) is 13.8 Å². The number of rotatable bonds is 14. The molecule has 0 atom stereocenters. The van der Waals surface area contributed by atoms with E-state index >= 15 is 0 Å². The molecule has 0 bridgehead atoms. The fourth-order valence-electron chi connectivity index (χ4n) is 11.7. The average molecular weight is 553 g/mol. The lowest BCUT2D eigenvalue weighted by molar-refractivity contribution is -0.109. The van der Waals surface area contributed by atoms with Crippen LogP contribution in [-0.4, -0.2) is 0 Å². The molecule has 0 saturated heterocycles. The van der Waals surface area contributed by atoms with Gasteiger partial charge in [-0.05, 0) is 136 Å². The molecule has 0 heterocycles. The summed E-state index contributed by atoms with van der Waals surface area (Å²) in [5, 5.41) is 0. The summed E-state index contributed by atoms with van der Waals surface area (Å²) in [6.45, 7) is 4.68. The van der Waals surface area contributed by atoms with Gasteiger partial charge < -0.3 is 0 Å². The molecule has 0 amide bonds. The Bertz CT molecular complexity index is 605. The van der Waals surface area contributed by atoms with Crippen molar-refractivity contribution in [3.05, 3.63) is 0 Å². The molecule has 0 N–H and O–H groups in total. The van der Waals surface area contributed by atoms with E-state index < -0.39 is 0 Å². The first-order chi connectivity index (χ1) is 19.6. The maximum absolute atomic E-state index is 2.34. The zero-order valence-corrected chi connectivity index (χ0v) is 27.7. The molecule has 0 aliphatic heterocycles. The minimum Gasteiger partial charge on any atom is -0.0654 e. The van der Waals surface area contributed by atoms with Gasteiger partial charge in [-0.25, -0.2) is 0 Å². The third kappa shape index (κ3) is 8.55. The van der Waals surface area contributed by atoms with Crippen molar-refractivity contribution in [2.45, 2.75) is 206 Å². The number of hydrogen-bond donors (Lipinski definition) is 0. The van der Waals surface area contributed by atoms with Crippen LogP contribution in [0.2, 0.25) is 0 Å². The third-order valence-corrected chi connectivity index (χ3v) is 14.2. The van der Waals surface area contributed by atoms with Crippen molar-refractivity contribution >= 4 is 0 Å². The van der Waals surface area contributed by atoms with Gasteiger partial charge in [0.25, 0.3) is 0 Å². The third-order valence-electron chi connectivity index (χ3n) is 14.2. The predicted octanol–water partition coefficient (Wildman–Crippen LogP) is 13.5. The lowest BCUT2D eigenvalue weighted by atomic mass is 9.43. The van der Waals surface area contributed by atoms with Gasteiger partial charge in [0.2, 0.25) is 0 Å². The Morgan fingerprint density at radius 1 is 0.375 bits per heavy atom. The normalized spacial score (nSPS) is 40.4. The molecule has 0 unspecified atom stereocenters. The van der Waals surface area contributed by atoms with Crippen LogP contribution in [0, 0.1) is 46.3 Å². The molecule has 5 fully saturated rings. The summed E-state index contributed by atoms with van der Waals surface area (Å²) in [6.07, 6.45) is 46.6. The molecule has 5 aliphatic rings. The van der Waals surface area contributed by atoms with Crippen LogP contribution < -0.4 is 0 Å². The second kappa shape index (κ2) is 15.6. The average Bonchev–Trinajstić information content (AvgIpc) is 2.98. The van der Waals surface area contributed by atoms with Gasteiger partial charge in [-0.3, -0.25) is 0 Å². The van der Waals surface area contributed by atoms with E-state index in [-0.39, 0.29) is 0 Å². The molecule has 2 spiro atoms. The van der Waals surface area contributed by atoms with Gasteiger partial charge in [0.15, 0.2) is 0 Å². The Labute approximate surface area is 252 Å². The van der Waals surface area contributed by atoms with E-state index in [0.29, 0.717) is 0 Å². The molecule has 5 saturated carbocycles. The van der Waals surface area contributed by atoms with Crippen molar-refractivity contribution < 1.29 is 0 Å². The molecule has 0 heteroatoms. The molecule has 0 aromatic heterocycles. The summed E-state index contributed by atoms with van der Waals surface area (Å²) >= 11 is 0. The fraction of sp³-hybridized carbons (Fsp3) is 1.00. The van der Waals surface area contributed by atoms with E-state index in [4.69, 9.17) is 0 Å². The summed E-state index contributed by atoms with van der Waals surface area (Å²) in [6, 6.07) is 0. The maximum Gasteiger partial charge on any atom is -0.0287 e. The molecule has 0 radical (unpaired) electrons. The van der Waals surface area contributed by atoms with Gasteiger partial charge in [-0.15, -0.1) is 0 Å². The summed E-state index contributed by atoms with van der Waals surface area (Å²) in [7, 11) is 0. The minimum absolute atomic E-state index is 0.814. The Morgan fingerprint density at radius 3 is 1.05 bits per heavy atom. The Balaban J connectivity index is 0.930. The highest BCUT2D eigenvalue weighted by Crippen LogP contribution is 2.67. The van der Waals surface area contributed by atoms with Gasteiger partial charge in [0.1, 0.15) is 0 Å². The van der Waals surface area contributed by atoms with Crippen molar-refractivity contribution in [3.63, 3.8) is 0 Å². The van der Waals surface area contributed by atoms with Crippen molar-refractivity contribution in [2.75, 3.05) is 0 Å². The first-order valence-corrected chi connectivity index (χ1v) is 19.6. The second-order valence-corrected chi connectivity index (χ2v) is 17.0. The van der Waals surface area contributed by atoms with Crippen LogP contribution in [-0.2, 0) is 0 Å². The Kier molecular flexibility index (Phi) is 12.3. The highest BCUT2D eigenvalue weighted by Gasteiger charge is 2.56. The highest BCUT2D eigenvalue weighted by atomic mass is 14.6. The van der Waals surface area contributed by atoms with Crippen LogP contribution in [0.25, 0.3) is 0 Å². The number of hydrogen-bond acceptors (Lipinski definition) is 0. The van der Waals surface area contributed by atoms with E-state index in [1.807, 2.05) is 0 Å². The fourth-order valence-corrected chi connectivity index (χ4v) is 11.7. The zero-order valence-electron chi connectivity index (χ0n) is 27.7. The summed E-state index contributed by atoms with van der Waals surface area (Å²) in [5.41, 5.74) is 1.63. The molecular formula is C40H72. The van der Waals surface area contributed by atoms with Crippen LogP contribution in [0.15, 0.2) is 0 Å². The monoisotopic (exact) mass is 553 g/mol. The Morgan fingerprint density at radius 2 is 0.700 bits per heavy atom. The molecule has 5 aliphatic carbocycles. The van der Waals surface area contributed by atoms with Crippen LogP contribution in [0.1, 0.15) is 206 Å². The summed E-state index contributed by atoms with van der Waals surface area (Å²) < 4.78 is 0. The SMILES string of the molecule is CCCCCCC[C@H]1CC[C@H](C2CCC3(CC2)CC2(CCC([C@H]4CC[C@H](CCCCCCC)CC4)CC2)C3)CC1. The smallest absolute Gasteiger partial charge is 0.0287 e. The van der Waals surface area contributed by atoms with E-state index in [1.165, 1.54) is 64.2 Å². The molecule has 5 rings (SSSR count). The topological polar surface area (TPSA) is 0 Å². The first-order valence-electron chi connectivity index (χ1n) is 19.6. The van der Waals surface area contributed by atoms with Crippen LogP contribution in [0.3, 0.4) is 0 Å². The molecule has 0 aromatic rings. The molecule has 40 heavy (non-hydrogen) atoms. The quantitative estimate of drug-likeness (QED) is 0.188. The molecular weight excluding hydrogens is 480 g/mol. The lowest BCUT2D eigenvalue weighted by Gasteiger charge is -2.62. The van der Waals surface area contributed by atoms with Crippen molar-refractivity contribution in [3.8, 4) is 0 Å². The van der Waals surface area contributed by atoms with Gasteiger partial charge in [0, 0.05) is 0 Å². The van der Waals surface area contributed by atoms with Crippen molar-refractivity contribution in [1.29, 1.82) is 0 Å². The zero-order chi connectivity index (χ0) is 27.7. The predicted molar refractivity (Wildman–Crippen MR) is 176 cm³/mol. The summed E-state index contributed by atoms with van der Waals surface area (Å²) in [5.74, 6) is 6.60. The van der Waals surface area contributed by atoms with Crippen LogP contribution in [0.5, 0.6) is 0 Å². The first kappa shape index (κ1) is 31.4. The standard InChI is InChI=1S/C40H72/c1-3-5-7-9-11-13-33-15-19-35(20-16-33)37-23-27-39(28-24-37)31-40(32-39)29-25-38(26-30-40)36-21-17-34(18-22-36)14-12-10-8-6-4-2/h33-38H,3-32H2,1-2H3/t33-,34-,35-,36-,37?,38?,39?,40?. The van der Waals surface area contributed by atoms with Crippen LogP contribution in [0.4, 0.5) is 0 Å². The van der Waals surface area contributed by atoms with Crippen molar-refractivity contribution in [2.24, 2.45) is 46.3 Å². The largest absolute Gasteiger partial charge is 0.0654 e. The van der Waals surface area contributed by atoms with Gasteiger partial charge >= 0.3 is 0 Å². The summed E-state index contributed by atoms with van der Waals surface area (Å²) in [4.78, 5) is 0. The van der Waals surface area contributed by atoms with E-state index in [1.54, 1.807) is 128 Å². The van der Waals surface area contributed by atoms with Gasteiger partial charge in [-0.1, -0.05) is 117 Å². The highest BCUT2D eigenvalue weighted by molar-refractivity contribution is 5.07. The lowest BCUT2D eigenvalue weighted by Crippen LogP contribution is -2.50. The molecule has 232 valence electrons. The second-order valence-electron chi connectivity index (χ2n) is 17.0. The van der Waals surface area contributed by atoms with Gasteiger partial charge in [0.05, 0.1) is 0 Å². The molecule has 0 aromatic carbocycles.